The fraction of sp³-hybridized carbons (Fsp3) is 0.667. The molecule has 0 unspecified atom stereocenters. The molecule has 2 aromatic heterocycles. The van der Waals surface area contributed by atoms with Gasteiger partial charge in [0.15, 0.2) is 5.82 Å². The van der Waals surface area contributed by atoms with E-state index in [9.17, 15) is 4.79 Å². The zero-order valence-electron chi connectivity index (χ0n) is 17.0. The van der Waals surface area contributed by atoms with Crippen LogP contribution in [0.4, 0.5) is 10.6 Å². The van der Waals surface area contributed by atoms with Gasteiger partial charge in [0.05, 0.1) is 5.69 Å². The molecule has 8 nitrogen and oxygen atoms in total. The molecule has 1 saturated carbocycles. The zero-order valence-corrected chi connectivity index (χ0v) is 17.0. The summed E-state index contributed by atoms with van der Waals surface area (Å²) in [6.45, 7) is 2.14. The van der Waals surface area contributed by atoms with Crippen LogP contribution in [0.2, 0.25) is 0 Å². The van der Waals surface area contributed by atoms with Crippen LogP contribution in [-0.2, 0) is 14.2 Å². The molecule has 158 valence electrons. The van der Waals surface area contributed by atoms with E-state index in [0.29, 0.717) is 5.82 Å². The molecule has 2 atom stereocenters. The Bertz CT molecular complexity index is 846. The summed E-state index contributed by atoms with van der Waals surface area (Å²) in [6.07, 6.45) is 10.1. The number of carbonyl (C=O) groups excluding carboxylic acids is 1. The van der Waals surface area contributed by atoms with Gasteiger partial charge >= 0.3 is 6.16 Å². The van der Waals surface area contributed by atoms with Crippen molar-refractivity contribution in [3.63, 3.8) is 0 Å². The second-order valence-corrected chi connectivity index (χ2v) is 8.42. The third kappa shape index (κ3) is 4.63. The fourth-order valence-electron chi connectivity index (χ4n) is 4.35. The first-order valence-corrected chi connectivity index (χ1v) is 10.6. The van der Waals surface area contributed by atoms with Crippen LogP contribution in [0.25, 0.3) is 5.52 Å². The smallest absolute Gasteiger partial charge is 0.431 e. The first kappa shape index (κ1) is 19.9. The van der Waals surface area contributed by atoms with Gasteiger partial charge in [0.2, 0.25) is 0 Å². The van der Waals surface area contributed by atoms with Crippen molar-refractivity contribution in [3.05, 3.63) is 24.2 Å². The molecule has 4 rings (SSSR count). The van der Waals surface area contributed by atoms with Gasteiger partial charge in [0, 0.05) is 0 Å². The summed E-state index contributed by atoms with van der Waals surface area (Å²) in [7, 11) is 0. The maximum atomic E-state index is 12.2. The van der Waals surface area contributed by atoms with Gasteiger partial charge in [-0.25, -0.2) is 14.3 Å². The number of hydrogen-bond donors (Lipinski definition) is 1. The van der Waals surface area contributed by atoms with Gasteiger partial charge in [-0.3, -0.25) is 0 Å². The van der Waals surface area contributed by atoms with E-state index in [0.717, 1.165) is 49.7 Å². The van der Waals surface area contributed by atoms with Crippen LogP contribution in [-0.4, -0.2) is 39.1 Å². The summed E-state index contributed by atoms with van der Waals surface area (Å²) in [5.41, 5.74) is 7.05. The SMILES string of the molecule is C[C@@]1(COC(=O)OC2CCCCCCC2)CC[C@H](c2ccc3c(N)ncnn23)O1. The molecule has 0 spiro atoms. The van der Waals surface area contributed by atoms with Gasteiger partial charge in [-0.05, 0) is 57.6 Å². The average molecular weight is 402 g/mol. The Morgan fingerprint density at radius 1 is 1.24 bits per heavy atom. The summed E-state index contributed by atoms with van der Waals surface area (Å²) < 4.78 is 19.0. The van der Waals surface area contributed by atoms with E-state index in [2.05, 4.69) is 10.1 Å². The number of anilines is 1. The van der Waals surface area contributed by atoms with E-state index < -0.39 is 11.8 Å². The van der Waals surface area contributed by atoms with E-state index in [1.54, 1.807) is 4.52 Å². The first-order chi connectivity index (χ1) is 14.0. The molecule has 1 saturated heterocycles. The molecule has 2 fully saturated rings. The number of nitrogen functional groups attached to an aromatic ring is 1. The second kappa shape index (κ2) is 8.57. The predicted octanol–water partition coefficient (Wildman–Crippen LogP) is 4.19. The molecular formula is C21H30N4O4. The number of rotatable bonds is 4. The Kier molecular flexibility index (Phi) is 5.89. The van der Waals surface area contributed by atoms with Gasteiger partial charge in [-0.1, -0.05) is 19.3 Å². The lowest BCUT2D eigenvalue weighted by atomic mass is 9.99. The maximum absolute atomic E-state index is 12.2. The Hall–Kier alpha value is -2.35. The van der Waals surface area contributed by atoms with Gasteiger partial charge in [-0.15, -0.1) is 0 Å². The Labute approximate surface area is 170 Å². The van der Waals surface area contributed by atoms with Crippen molar-refractivity contribution >= 4 is 17.5 Å². The van der Waals surface area contributed by atoms with Gasteiger partial charge in [0.25, 0.3) is 0 Å². The standard InChI is InChI=1S/C21H30N4O4/c1-21(13-27-20(26)28-15-7-5-3-2-4-6-8-15)12-11-18(29-21)16-9-10-17-19(22)23-14-24-25(16)17/h9-10,14-15,18H,2-8,11-13H2,1H3,(H2,22,23,24)/t18-,21+/m1/s1. The highest BCUT2D eigenvalue weighted by molar-refractivity contribution is 5.65. The molecule has 2 aromatic rings. The van der Waals surface area contributed by atoms with E-state index in [-0.39, 0.29) is 18.8 Å². The normalized spacial score (nSPS) is 26.2. The minimum Gasteiger partial charge on any atom is -0.431 e. The van der Waals surface area contributed by atoms with Crippen LogP contribution in [0.1, 0.15) is 76.5 Å². The number of carbonyl (C=O) groups is 1. The van der Waals surface area contributed by atoms with Gasteiger partial charge in [-0.2, -0.15) is 5.10 Å². The third-order valence-corrected chi connectivity index (χ3v) is 6.01. The molecule has 1 aliphatic heterocycles. The van der Waals surface area contributed by atoms with Gasteiger partial charge in [0.1, 0.15) is 36.3 Å². The summed E-state index contributed by atoms with van der Waals surface area (Å²) in [5.74, 6) is 0.437. The van der Waals surface area contributed by atoms with Crippen molar-refractivity contribution in [1.82, 2.24) is 14.6 Å². The molecule has 2 N–H and O–H groups in total. The molecule has 0 bridgehead atoms. The van der Waals surface area contributed by atoms with Crippen LogP contribution in [0.15, 0.2) is 18.5 Å². The first-order valence-electron chi connectivity index (χ1n) is 10.6. The monoisotopic (exact) mass is 402 g/mol. The van der Waals surface area contributed by atoms with Crippen LogP contribution in [0.5, 0.6) is 0 Å². The lowest BCUT2D eigenvalue weighted by Gasteiger charge is -2.25. The topological polar surface area (TPSA) is 101 Å². The highest BCUT2D eigenvalue weighted by Gasteiger charge is 2.39. The molecule has 3 heterocycles. The summed E-state index contributed by atoms with van der Waals surface area (Å²) in [4.78, 5) is 16.2. The van der Waals surface area contributed by atoms with Crippen molar-refractivity contribution < 1.29 is 19.0 Å². The lowest BCUT2D eigenvalue weighted by Crippen LogP contribution is -2.32. The third-order valence-electron chi connectivity index (χ3n) is 6.01. The van der Waals surface area contributed by atoms with Crippen LogP contribution in [0, 0.1) is 0 Å². The minimum atomic E-state index is -0.586. The zero-order chi connectivity index (χ0) is 20.3. The van der Waals surface area contributed by atoms with Gasteiger partial charge < -0.3 is 19.9 Å². The molecule has 29 heavy (non-hydrogen) atoms. The maximum Gasteiger partial charge on any atom is 0.508 e. The van der Waals surface area contributed by atoms with Crippen molar-refractivity contribution in [2.75, 3.05) is 12.3 Å². The predicted molar refractivity (Wildman–Crippen MR) is 107 cm³/mol. The van der Waals surface area contributed by atoms with Crippen LogP contribution < -0.4 is 5.73 Å². The molecule has 0 amide bonds. The van der Waals surface area contributed by atoms with Crippen molar-refractivity contribution in [2.45, 2.75) is 82.5 Å². The number of hydrogen-bond acceptors (Lipinski definition) is 7. The molecule has 0 aromatic carbocycles. The Morgan fingerprint density at radius 2 is 2.00 bits per heavy atom. The van der Waals surface area contributed by atoms with Crippen molar-refractivity contribution in [3.8, 4) is 0 Å². The van der Waals surface area contributed by atoms with E-state index >= 15 is 0 Å². The summed E-state index contributed by atoms with van der Waals surface area (Å²) >= 11 is 0. The Morgan fingerprint density at radius 3 is 2.79 bits per heavy atom. The Balaban J connectivity index is 1.31. The minimum absolute atomic E-state index is 0.0231. The average Bonchev–Trinajstić information content (AvgIpc) is 3.27. The number of ether oxygens (including phenoxy) is 3. The summed E-state index contributed by atoms with van der Waals surface area (Å²) in [5, 5.41) is 4.29. The number of nitrogens with zero attached hydrogens (tertiary/aromatic N) is 3. The number of fused-ring (bicyclic) bond motifs is 1. The van der Waals surface area contributed by atoms with Crippen molar-refractivity contribution in [2.24, 2.45) is 0 Å². The fourth-order valence-corrected chi connectivity index (χ4v) is 4.35. The number of nitrogens with two attached hydrogens (primary N) is 1. The highest BCUT2D eigenvalue weighted by atomic mass is 16.7. The number of aromatic nitrogens is 3. The van der Waals surface area contributed by atoms with E-state index in [4.69, 9.17) is 19.9 Å². The molecule has 8 heteroatoms. The second-order valence-electron chi connectivity index (χ2n) is 8.42. The molecule has 1 aliphatic carbocycles. The van der Waals surface area contributed by atoms with Crippen molar-refractivity contribution in [1.29, 1.82) is 0 Å². The quantitative estimate of drug-likeness (QED) is 0.765. The summed E-state index contributed by atoms with van der Waals surface area (Å²) in [6, 6.07) is 3.85. The highest BCUT2D eigenvalue weighted by Crippen LogP contribution is 2.40. The van der Waals surface area contributed by atoms with Crippen LogP contribution >= 0.6 is 0 Å². The van der Waals surface area contributed by atoms with E-state index in [1.165, 1.54) is 25.6 Å². The van der Waals surface area contributed by atoms with E-state index in [1.807, 2.05) is 19.1 Å². The molecular weight excluding hydrogens is 372 g/mol. The molecule has 0 radical (unpaired) electrons. The molecule has 2 aliphatic rings. The largest absolute Gasteiger partial charge is 0.508 e. The lowest BCUT2D eigenvalue weighted by molar-refractivity contribution is -0.0812. The van der Waals surface area contributed by atoms with Crippen LogP contribution in [0.3, 0.4) is 0 Å².